The summed E-state index contributed by atoms with van der Waals surface area (Å²) in [5.74, 6) is 8.12. The van der Waals surface area contributed by atoms with E-state index in [1.807, 2.05) is 20.2 Å². The van der Waals surface area contributed by atoms with Crippen LogP contribution in [0, 0.1) is 17.8 Å². The van der Waals surface area contributed by atoms with Gasteiger partial charge in [0.2, 0.25) is 11.8 Å². The minimum absolute atomic E-state index is 0.211. The molecule has 0 radical (unpaired) electrons. The maximum atomic E-state index is 9.39. The van der Waals surface area contributed by atoms with E-state index in [0.717, 1.165) is 24.8 Å². The van der Waals surface area contributed by atoms with E-state index in [0.29, 0.717) is 34.3 Å². The standard InChI is InChI=1S/C20H24ClN5O2/c1-26(2)20-24-18(21)16(8-5-13-6-9-17(28-3)22-11-13)19(25-20)23-15-7-4-14(10-15)12-27/h6,9,11,14-15,27H,4,7,10,12H2,1-3H3,(H,23,24,25). The summed E-state index contributed by atoms with van der Waals surface area (Å²) in [4.78, 5) is 14.9. The molecule has 1 saturated carbocycles. The Labute approximate surface area is 170 Å². The molecule has 148 valence electrons. The summed E-state index contributed by atoms with van der Waals surface area (Å²) in [6, 6.07) is 3.81. The van der Waals surface area contributed by atoms with Crippen LogP contribution < -0.4 is 15.0 Å². The van der Waals surface area contributed by atoms with Crippen molar-refractivity contribution in [1.29, 1.82) is 0 Å². The minimum Gasteiger partial charge on any atom is -0.481 e. The highest BCUT2D eigenvalue weighted by Gasteiger charge is 2.25. The zero-order valence-corrected chi connectivity index (χ0v) is 17.0. The van der Waals surface area contributed by atoms with E-state index in [2.05, 4.69) is 32.1 Å². The summed E-state index contributed by atoms with van der Waals surface area (Å²) >= 11 is 6.44. The number of rotatable bonds is 5. The number of aliphatic hydroxyl groups is 1. The zero-order valence-electron chi connectivity index (χ0n) is 16.2. The lowest BCUT2D eigenvalue weighted by Crippen LogP contribution is -2.20. The zero-order chi connectivity index (χ0) is 20.1. The van der Waals surface area contributed by atoms with Gasteiger partial charge in [-0.3, -0.25) is 0 Å². The second-order valence-corrected chi connectivity index (χ2v) is 7.33. The molecule has 0 saturated heterocycles. The van der Waals surface area contributed by atoms with Crippen molar-refractivity contribution in [3.05, 3.63) is 34.6 Å². The van der Waals surface area contributed by atoms with Crippen LogP contribution in [0.4, 0.5) is 11.8 Å². The summed E-state index contributed by atoms with van der Waals surface area (Å²) in [5.41, 5.74) is 1.29. The molecule has 1 fully saturated rings. The molecule has 28 heavy (non-hydrogen) atoms. The number of aliphatic hydroxyl groups excluding tert-OH is 1. The monoisotopic (exact) mass is 401 g/mol. The van der Waals surface area contributed by atoms with E-state index in [1.165, 1.54) is 0 Å². The lowest BCUT2D eigenvalue weighted by molar-refractivity contribution is 0.229. The van der Waals surface area contributed by atoms with Gasteiger partial charge in [-0.25, -0.2) is 4.98 Å². The lowest BCUT2D eigenvalue weighted by Gasteiger charge is -2.18. The Morgan fingerprint density at radius 3 is 2.71 bits per heavy atom. The predicted molar refractivity (Wildman–Crippen MR) is 110 cm³/mol. The van der Waals surface area contributed by atoms with Crippen molar-refractivity contribution in [3.63, 3.8) is 0 Å². The summed E-state index contributed by atoms with van der Waals surface area (Å²) < 4.78 is 5.07. The van der Waals surface area contributed by atoms with Gasteiger partial charge in [0.25, 0.3) is 0 Å². The van der Waals surface area contributed by atoms with Gasteiger partial charge in [0.15, 0.2) is 5.15 Å². The van der Waals surface area contributed by atoms with Gasteiger partial charge >= 0.3 is 0 Å². The van der Waals surface area contributed by atoms with Crippen LogP contribution in [0.3, 0.4) is 0 Å². The highest BCUT2D eigenvalue weighted by molar-refractivity contribution is 6.31. The third kappa shape index (κ3) is 4.83. The summed E-state index contributed by atoms with van der Waals surface area (Å²) in [5, 5.41) is 13.1. The van der Waals surface area contributed by atoms with Gasteiger partial charge in [0, 0.05) is 44.6 Å². The van der Waals surface area contributed by atoms with E-state index >= 15 is 0 Å². The SMILES string of the molecule is COc1ccc(C#Cc2c(Cl)nc(N(C)C)nc2NC2CCC(CO)C2)cn1. The highest BCUT2D eigenvalue weighted by Crippen LogP contribution is 2.30. The van der Waals surface area contributed by atoms with Crippen LogP contribution in [0.2, 0.25) is 5.15 Å². The third-order valence-corrected chi connectivity index (χ3v) is 4.94. The molecule has 0 spiro atoms. The number of methoxy groups -OCH3 is 1. The second kappa shape index (κ2) is 9.09. The van der Waals surface area contributed by atoms with Gasteiger partial charge in [-0.2, -0.15) is 9.97 Å². The first-order chi connectivity index (χ1) is 13.5. The molecule has 0 amide bonds. The normalized spacial score (nSPS) is 18.3. The van der Waals surface area contributed by atoms with Crippen LogP contribution >= 0.6 is 11.6 Å². The molecule has 2 heterocycles. The Balaban J connectivity index is 1.91. The Hall–Kier alpha value is -2.56. The van der Waals surface area contributed by atoms with Crippen molar-refractivity contribution < 1.29 is 9.84 Å². The van der Waals surface area contributed by atoms with Crippen LogP contribution in [0.15, 0.2) is 18.3 Å². The van der Waals surface area contributed by atoms with Gasteiger partial charge in [-0.1, -0.05) is 23.4 Å². The fourth-order valence-electron chi connectivity index (χ4n) is 3.11. The van der Waals surface area contributed by atoms with Gasteiger partial charge in [0.1, 0.15) is 11.4 Å². The number of halogens is 1. The first-order valence-electron chi connectivity index (χ1n) is 9.14. The quantitative estimate of drug-likeness (QED) is 0.588. The molecule has 2 aromatic rings. The number of aromatic nitrogens is 3. The van der Waals surface area contributed by atoms with Crippen molar-refractivity contribution in [2.45, 2.75) is 25.3 Å². The molecule has 2 unspecified atom stereocenters. The molecule has 1 aliphatic rings. The Morgan fingerprint density at radius 1 is 1.29 bits per heavy atom. The molecule has 7 nitrogen and oxygen atoms in total. The minimum atomic E-state index is 0.211. The number of ether oxygens (including phenoxy) is 1. The van der Waals surface area contributed by atoms with Crippen LogP contribution in [0.5, 0.6) is 5.88 Å². The van der Waals surface area contributed by atoms with E-state index in [9.17, 15) is 5.11 Å². The van der Waals surface area contributed by atoms with Gasteiger partial charge in [0.05, 0.1) is 7.11 Å². The van der Waals surface area contributed by atoms with E-state index < -0.39 is 0 Å². The van der Waals surface area contributed by atoms with Crippen LogP contribution in [0.1, 0.15) is 30.4 Å². The van der Waals surface area contributed by atoms with E-state index in [4.69, 9.17) is 16.3 Å². The summed E-state index contributed by atoms with van der Waals surface area (Å²) in [6.45, 7) is 0.211. The van der Waals surface area contributed by atoms with Crippen molar-refractivity contribution in [2.75, 3.05) is 38.0 Å². The number of nitrogens with one attached hydrogen (secondary N) is 1. The average molecular weight is 402 g/mol. The number of pyridine rings is 1. The molecule has 2 N–H and O–H groups in total. The van der Waals surface area contributed by atoms with Crippen molar-refractivity contribution in [1.82, 2.24) is 15.0 Å². The van der Waals surface area contributed by atoms with Gasteiger partial charge < -0.3 is 20.1 Å². The fourth-order valence-corrected chi connectivity index (χ4v) is 3.32. The first-order valence-corrected chi connectivity index (χ1v) is 9.52. The summed E-state index contributed by atoms with van der Waals surface area (Å²) in [6.07, 6.45) is 4.50. The van der Waals surface area contributed by atoms with Gasteiger partial charge in [-0.15, -0.1) is 0 Å². The molecule has 1 aliphatic carbocycles. The van der Waals surface area contributed by atoms with Crippen LogP contribution in [-0.2, 0) is 0 Å². The Bertz CT molecular complexity index is 877. The molecular weight excluding hydrogens is 378 g/mol. The number of hydrogen-bond donors (Lipinski definition) is 2. The molecule has 0 aromatic carbocycles. The molecule has 2 aromatic heterocycles. The predicted octanol–water partition coefficient (Wildman–Crippen LogP) is 2.57. The van der Waals surface area contributed by atoms with E-state index in [1.54, 1.807) is 24.3 Å². The van der Waals surface area contributed by atoms with Crippen molar-refractivity contribution >= 4 is 23.4 Å². The molecular formula is C20H24ClN5O2. The molecule has 0 aliphatic heterocycles. The average Bonchev–Trinajstić information content (AvgIpc) is 3.15. The fraction of sp³-hybridized carbons (Fsp3) is 0.450. The highest BCUT2D eigenvalue weighted by atomic mass is 35.5. The van der Waals surface area contributed by atoms with Gasteiger partial charge in [-0.05, 0) is 31.2 Å². The molecule has 8 heteroatoms. The maximum Gasteiger partial charge on any atom is 0.228 e. The lowest BCUT2D eigenvalue weighted by atomic mass is 10.1. The smallest absolute Gasteiger partial charge is 0.228 e. The second-order valence-electron chi connectivity index (χ2n) is 6.97. The number of nitrogens with zero attached hydrogens (tertiary/aromatic N) is 4. The van der Waals surface area contributed by atoms with Crippen molar-refractivity contribution in [3.8, 4) is 17.7 Å². The van der Waals surface area contributed by atoms with Crippen LogP contribution in [0.25, 0.3) is 0 Å². The number of hydrogen-bond acceptors (Lipinski definition) is 7. The molecule has 2 atom stereocenters. The van der Waals surface area contributed by atoms with Crippen LogP contribution in [-0.4, -0.2) is 53.9 Å². The van der Waals surface area contributed by atoms with E-state index in [-0.39, 0.29) is 12.6 Å². The molecule has 0 bridgehead atoms. The van der Waals surface area contributed by atoms with Crippen molar-refractivity contribution in [2.24, 2.45) is 5.92 Å². The Morgan fingerprint density at radius 2 is 2.11 bits per heavy atom. The largest absolute Gasteiger partial charge is 0.481 e. The number of anilines is 2. The third-order valence-electron chi connectivity index (χ3n) is 4.67. The topological polar surface area (TPSA) is 83.4 Å². The Kier molecular flexibility index (Phi) is 6.55. The maximum absolute atomic E-state index is 9.39. The summed E-state index contributed by atoms with van der Waals surface area (Å²) in [7, 11) is 5.29. The first kappa shape index (κ1) is 20.2. The molecule has 3 rings (SSSR count).